The van der Waals surface area contributed by atoms with Crippen LogP contribution in [0.25, 0.3) is 11.0 Å². The van der Waals surface area contributed by atoms with E-state index in [1.165, 1.54) is 5.56 Å². The first kappa shape index (κ1) is 13.4. The summed E-state index contributed by atoms with van der Waals surface area (Å²) in [5, 5.41) is 2.86. The largest absolute Gasteiger partial charge is 0.352 e. The first-order valence-electron chi connectivity index (χ1n) is 6.95. The molecule has 1 aliphatic heterocycles. The van der Waals surface area contributed by atoms with E-state index in [1.807, 2.05) is 19.1 Å². The average Bonchev–Trinajstić information content (AvgIpc) is 2.95. The summed E-state index contributed by atoms with van der Waals surface area (Å²) in [4.78, 5) is 16.0. The maximum atomic E-state index is 11.4. The summed E-state index contributed by atoms with van der Waals surface area (Å²) in [5.74, 6) is 1.01. The smallest absolute Gasteiger partial charge is 0.220 e. The highest BCUT2D eigenvalue weighted by molar-refractivity contribution is 6.20. The van der Waals surface area contributed by atoms with Crippen molar-refractivity contribution < 1.29 is 4.79 Å². The van der Waals surface area contributed by atoms with Crippen molar-refractivity contribution in [3.63, 3.8) is 0 Å². The highest BCUT2D eigenvalue weighted by Crippen LogP contribution is 2.27. The third-order valence-corrected chi connectivity index (χ3v) is 4.04. The average molecular weight is 292 g/mol. The Kier molecular flexibility index (Phi) is 3.42. The molecule has 1 amide bonds. The Balaban J connectivity index is 2.06. The normalized spacial score (nSPS) is 20.4. The number of imidazole rings is 1. The molecule has 4 nitrogen and oxygen atoms in total. The second kappa shape index (κ2) is 5.09. The number of nitrogens with zero attached hydrogens (tertiary/aromatic N) is 2. The Morgan fingerprint density at radius 2 is 2.35 bits per heavy atom. The van der Waals surface area contributed by atoms with Gasteiger partial charge in [-0.25, -0.2) is 4.98 Å². The summed E-state index contributed by atoms with van der Waals surface area (Å²) in [7, 11) is 0. The number of aromatic nitrogens is 2. The molecule has 2 heterocycles. The number of halogens is 1. The molecule has 2 aromatic rings. The van der Waals surface area contributed by atoms with Gasteiger partial charge in [0.25, 0.3) is 0 Å². The molecule has 1 saturated heterocycles. The monoisotopic (exact) mass is 291 g/mol. The van der Waals surface area contributed by atoms with Crippen LogP contribution in [0.2, 0.25) is 0 Å². The van der Waals surface area contributed by atoms with Crippen molar-refractivity contribution in [2.75, 3.05) is 0 Å². The first-order chi connectivity index (χ1) is 9.56. The summed E-state index contributed by atoms with van der Waals surface area (Å²) < 4.78 is 2.17. The minimum atomic E-state index is -0.154. The van der Waals surface area contributed by atoms with Gasteiger partial charge in [-0.2, -0.15) is 0 Å². The van der Waals surface area contributed by atoms with Crippen LogP contribution in [0.3, 0.4) is 0 Å². The highest BCUT2D eigenvalue weighted by Gasteiger charge is 2.24. The molecule has 1 aromatic carbocycles. The maximum Gasteiger partial charge on any atom is 0.220 e. The number of benzene rings is 1. The molecule has 0 radical (unpaired) electrons. The lowest BCUT2D eigenvalue weighted by molar-refractivity contribution is -0.119. The number of carbonyl (C=O) groups is 1. The van der Waals surface area contributed by atoms with E-state index < -0.39 is 0 Å². The summed E-state index contributed by atoms with van der Waals surface area (Å²) in [6.07, 6.45) is 1.49. The number of hydrogen-bond donors (Lipinski definition) is 1. The lowest BCUT2D eigenvalue weighted by Gasteiger charge is -2.16. The van der Waals surface area contributed by atoms with Crippen molar-refractivity contribution in [3.05, 3.63) is 29.6 Å². The van der Waals surface area contributed by atoms with Gasteiger partial charge in [-0.05, 0) is 31.9 Å². The third kappa shape index (κ3) is 2.29. The fourth-order valence-electron chi connectivity index (χ4n) is 2.91. The van der Waals surface area contributed by atoms with Crippen LogP contribution in [-0.4, -0.2) is 21.5 Å². The quantitative estimate of drug-likeness (QED) is 0.884. The maximum absolute atomic E-state index is 11.4. The molecule has 1 aliphatic rings. The fourth-order valence-corrected chi connectivity index (χ4v) is 3.07. The molecule has 5 heteroatoms. The van der Waals surface area contributed by atoms with E-state index in [9.17, 15) is 4.79 Å². The van der Waals surface area contributed by atoms with Gasteiger partial charge in [0, 0.05) is 19.0 Å². The number of carbonyl (C=O) groups excluding carboxylic acids is 1. The summed E-state index contributed by atoms with van der Waals surface area (Å²) in [6, 6.07) is 6.27. The van der Waals surface area contributed by atoms with Crippen molar-refractivity contribution in [1.82, 2.24) is 14.9 Å². The van der Waals surface area contributed by atoms with Crippen LogP contribution in [0.15, 0.2) is 18.2 Å². The van der Waals surface area contributed by atoms with Crippen molar-refractivity contribution in [1.29, 1.82) is 0 Å². The zero-order chi connectivity index (χ0) is 14.3. The van der Waals surface area contributed by atoms with Gasteiger partial charge in [-0.1, -0.05) is 12.1 Å². The van der Waals surface area contributed by atoms with Crippen LogP contribution in [0, 0.1) is 6.92 Å². The van der Waals surface area contributed by atoms with Gasteiger partial charge in [-0.15, -0.1) is 11.6 Å². The molecule has 0 saturated carbocycles. The van der Waals surface area contributed by atoms with E-state index in [4.69, 9.17) is 11.6 Å². The van der Waals surface area contributed by atoms with Gasteiger partial charge < -0.3 is 9.88 Å². The molecule has 20 heavy (non-hydrogen) atoms. The number of nitrogens with one attached hydrogen (secondary N) is 1. The Morgan fingerprint density at radius 3 is 3.00 bits per heavy atom. The fraction of sp³-hybridized carbons (Fsp3) is 0.467. The molecule has 3 rings (SSSR count). The van der Waals surface area contributed by atoms with Gasteiger partial charge in [0.2, 0.25) is 5.91 Å². The van der Waals surface area contributed by atoms with Gasteiger partial charge in [0.15, 0.2) is 0 Å². The second-order valence-electron chi connectivity index (χ2n) is 5.44. The Hall–Kier alpha value is -1.55. The number of fused-ring (bicyclic) bond motifs is 1. The molecular weight excluding hydrogens is 274 g/mol. The van der Waals surface area contributed by atoms with E-state index >= 15 is 0 Å². The molecular formula is C15H18ClN3O. The highest BCUT2D eigenvalue weighted by atomic mass is 35.5. The van der Waals surface area contributed by atoms with Crippen LogP contribution in [0.4, 0.5) is 0 Å². The standard InChI is InChI=1S/C15H18ClN3O/c1-9-4-3-5-12-14(9)19(15(18-12)10(2)16)8-11-6-7-13(20)17-11/h3-5,10-11H,6-8H2,1-2H3,(H,17,20). The van der Waals surface area contributed by atoms with Crippen LogP contribution in [-0.2, 0) is 11.3 Å². The van der Waals surface area contributed by atoms with E-state index in [1.54, 1.807) is 0 Å². The zero-order valence-corrected chi connectivity index (χ0v) is 12.4. The summed E-state index contributed by atoms with van der Waals surface area (Å²) in [6.45, 7) is 4.75. The molecule has 1 aromatic heterocycles. The third-order valence-electron chi connectivity index (χ3n) is 3.84. The second-order valence-corrected chi connectivity index (χ2v) is 6.10. The lowest BCUT2D eigenvalue weighted by Crippen LogP contribution is -2.30. The van der Waals surface area contributed by atoms with E-state index in [-0.39, 0.29) is 17.3 Å². The summed E-state index contributed by atoms with van der Waals surface area (Å²) in [5.41, 5.74) is 3.27. The predicted molar refractivity (Wildman–Crippen MR) is 79.9 cm³/mol. The summed E-state index contributed by atoms with van der Waals surface area (Å²) >= 11 is 6.28. The molecule has 0 bridgehead atoms. The molecule has 2 unspecified atom stereocenters. The number of amides is 1. The lowest BCUT2D eigenvalue weighted by atomic mass is 10.2. The van der Waals surface area contributed by atoms with Crippen molar-refractivity contribution in [2.24, 2.45) is 0 Å². The van der Waals surface area contributed by atoms with Crippen LogP contribution < -0.4 is 5.32 Å². The molecule has 1 fully saturated rings. The zero-order valence-electron chi connectivity index (χ0n) is 11.7. The number of para-hydroxylation sites is 1. The van der Waals surface area contributed by atoms with Gasteiger partial charge in [-0.3, -0.25) is 4.79 Å². The van der Waals surface area contributed by atoms with Gasteiger partial charge in [0.1, 0.15) is 5.82 Å². The van der Waals surface area contributed by atoms with Crippen LogP contribution in [0.5, 0.6) is 0 Å². The van der Waals surface area contributed by atoms with E-state index in [0.717, 1.165) is 29.8 Å². The van der Waals surface area contributed by atoms with Gasteiger partial charge in [0.05, 0.1) is 16.4 Å². The van der Waals surface area contributed by atoms with Gasteiger partial charge >= 0.3 is 0 Å². The van der Waals surface area contributed by atoms with Crippen molar-refractivity contribution in [3.8, 4) is 0 Å². The topological polar surface area (TPSA) is 46.9 Å². The number of hydrogen-bond acceptors (Lipinski definition) is 2. The Labute approximate surface area is 123 Å². The van der Waals surface area contributed by atoms with E-state index in [2.05, 4.69) is 27.9 Å². The first-order valence-corrected chi connectivity index (χ1v) is 7.39. The molecule has 0 aliphatic carbocycles. The Morgan fingerprint density at radius 1 is 1.55 bits per heavy atom. The van der Waals surface area contributed by atoms with Crippen molar-refractivity contribution >= 4 is 28.5 Å². The molecule has 2 atom stereocenters. The van der Waals surface area contributed by atoms with E-state index in [0.29, 0.717) is 6.42 Å². The SMILES string of the molecule is Cc1cccc2nc(C(C)Cl)n(CC3CCC(=O)N3)c12. The number of alkyl halides is 1. The molecule has 1 N–H and O–H groups in total. The minimum absolute atomic E-state index is 0.136. The number of rotatable bonds is 3. The number of aryl methyl sites for hydroxylation is 1. The van der Waals surface area contributed by atoms with Crippen LogP contribution in [0.1, 0.15) is 36.5 Å². The van der Waals surface area contributed by atoms with Crippen molar-refractivity contribution in [2.45, 2.75) is 44.7 Å². The minimum Gasteiger partial charge on any atom is -0.352 e. The van der Waals surface area contributed by atoms with Crippen LogP contribution >= 0.6 is 11.6 Å². The Bertz CT molecular complexity index is 662. The predicted octanol–water partition coefficient (Wildman–Crippen LogP) is 2.92. The molecule has 106 valence electrons. The molecule has 0 spiro atoms.